The van der Waals surface area contributed by atoms with Gasteiger partial charge in [0.2, 0.25) is 0 Å². The van der Waals surface area contributed by atoms with Crippen molar-refractivity contribution in [3.05, 3.63) is 0 Å². The zero-order valence-corrected chi connectivity index (χ0v) is 5.63. The first-order valence-electron chi connectivity index (χ1n) is 5.20. The van der Waals surface area contributed by atoms with Crippen LogP contribution in [0.2, 0.25) is 0 Å². The maximum atomic E-state index is 9.82. The standard InChI is InChI=1S/C7H12O3/c1-7(8)4-10-6-5(7)2-3-9-6/h5-6,8H,2-4H2,1H3/t5-,6-,7+/m1/s1/i2D2,3D2. The van der Waals surface area contributed by atoms with Gasteiger partial charge in [-0.15, -0.1) is 0 Å². The number of rotatable bonds is 0. The second-order valence-corrected chi connectivity index (χ2v) is 2.88. The lowest BCUT2D eigenvalue weighted by atomic mass is 9.91. The minimum Gasteiger partial charge on any atom is -0.387 e. The zero-order valence-electron chi connectivity index (χ0n) is 9.63. The molecule has 2 aliphatic heterocycles. The second-order valence-electron chi connectivity index (χ2n) is 2.88. The molecule has 2 fully saturated rings. The molecule has 0 aromatic rings. The van der Waals surface area contributed by atoms with Crippen LogP contribution in [0.15, 0.2) is 0 Å². The molecule has 0 radical (unpaired) electrons. The first kappa shape index (κ1) is 3.52. The predicted octanol–water partition coefficient (Wildman–Crippen LogP) is 0.130. The van der Waals surface area contributed by atoms with Gasteiger partial charge in [-0.1, -0.05) is 0 Å². The molecule has 0 saturated carbocycles. The van der Waals surface area contributed by atoms with Gasteiger partial charge in [0.15, 0.2) is 6.29 Å². The average Bonchev–Trinajstić information content (AvgIpc) is 2.32. The van der Waals surface area contributed by atoms with Crippen LogP contribution in [0.25, 0.3) is 0 Å². The Balaban J connectivity index is 2.39. The summed E-state index contributed by atoms with van der Waals surface area (Å²) in [6.07, 6.45) is -3.23. The normalized spacial score (nSPS) is 69.4. The van der Waals surface area contributed by atoms with Crippen molar-refractivity contribution >= 4 is 0 Å². The third kappa shape index (κ3) is 0.779. The molecule has 3 heteroatoms. The Hall–Kier alpha value is -0.120. The van der Waals surface area contributed by atoms with Crippen LogP contribution in [0.3, 0.4) is 0 Å². The van der Waals surface area contributed by atoms with E-state index < -0.39 is 30.7 Å². The van der Waals surface area contributed by atoms with Crippen molar-refractivity contribution in [2.75, 3.05) is 13.2 Å². The second kappa shape index (κ2) is 1.94. The van der Waals surface area contributed by atoms with Gasteiger partial charge in [0.1, 0.15) is 0 Å². The number of fused-ring (bicyclic) bond motifs is 1. The molecule has 3 atom stereocenters. The highest BCUT2D eigenvalue weighted by atomic mass is 16.7. The molecule has 58 valence electrons. The molecule has 2 saturated heterocycles. The van der Waals surface area contributed by atoms with Crippen molar-refractivity contribution in [2.24, 2.45) is 5.92 Å². The smallest absolute Gasteiger partial charge is 0.163 e. The summed E-state index contributed by atoms with van der Waals surface area (Å²) < 4.78 is 39.7. The Bertz CT molecular complexity index is 266. The van der Waals surface area contributed by atoms with Crippen molar-refractivity contribution in [3.63, 3.8) is 0 Å². The predicted molar refractivity (Wildman–Crippen MR) is 34.4 cm³/mol. The molecule has 0 aromatic carbocycles. The Morgan fingerprint density at radius 2 is 2.50 bits per heavy atom. The summed E-state index contributed by atoms with van der Waals surface area (Å²) >= 11 is 0. The van der Waals surface area contributed by atoms with Crippen LogP contribution in [0, 0.1) is 5.92 Å². The third-order valence-electron chi connectivity index (χ3n) is 1.87. The Morgan fingerprint density at radius 3 is 3.20 bits per heavy atom. The Morgan fingerprint density at radius 1 is 1.70 bits per heavy atom. The van der Waals surface area contributed by atoms with E-state index in [9.17, 15) is 5.11 Å². The highest BCUT2D eigenvalue weighted by molar-refractivity contribution is 4.92. The Kier molecular flexibility index (Phi) is 0.681. The molecule has 2 heterocycles. The summed E-state index contributed by atoms with van der Waals surface area (Å²) in [5, 5.41) is 9.82. The minimum absolute atomic E-state index is 0.0298. The number of hydrogen-bond donors (Lipinski definition) is 1. The van der Waals surface area contributed by atoms with Gasteiger partial charge >= 0.3 is 0 Å². The van der Waals surface area contributed by atoms with Gasteiger partial charge in [0.25, 0.3) is 0 Å². The van der Waals surface area contributed by atoms with Gasteiger partial charge in [-0.25, -0.2) is 0 Å². The molecule has 2 aliphatic rings. The summed E-state index contributed by atoms with van der Waals surface area (Å²) in [5.74, 6) is -0.981. The van der Waals surface area contributed by atoms with E-state index in [1.165, 1.54) is 6.92 Å². The highest BCUT2D eigenvalue weighted by Crippen LogP contribution is 2.37. The summed E-state index contributed by atoms with van der Waals surface area (Å²) in [5.41, 5.74) is -1.38. The van der Waals surface area contributed by atoms with Crippen molar-refractivity contribution in [2.45, 2.75) is 25.2 Å². The van der Waals surface area contributed by atoms with Gasteiger partial charge in [-0.3, -0.25) is 0 Å². The van der Waals surface area contributed by atoms with Crippen molar-refractivity contribution in [1.29, 1.82) is 0 Å². The van der Waals surface area contributed by atoms with E-state index in [2.05, 4.69) is 0 Å². The van der Waals surface area contributed by atoms with Crippen LogP contribution in [0.5, 0.6) is 0 Å². The molecule has 0 bridgehead atoms. The van der Waals surface area contributed by atoms with E-state index in [4.69, 9.17) is 15.0 Å². The molecule has 0 amide bonds. The maximum absolute atomic E-state index is 9.82. The molecular formula is C7H12O3. The summed E-state index contributed by atoms with van der Waals surface area (Å²) in [6.45, 7) is -1.01. The van der Waals surface area contributed by atoms with Gasteiger partial charge in [0, 0.05) is 8.66 Å². The lowest BCUT2D eigenvalue weighted by molar-refractivity contribution is -0.0911. The third-order valence-corrected chi connectivity index (χ3v) is 1.87. The van der Waals surface area contributed by atoms with Gasteiger partial charge < -0.3 is 14.6 Å². The van der Waals surface area contributed by atoms with Crippen molar-refractivity contribution in [1.82, 2.24) is 0 Å². The lowest BCUT2D eigenvalue weighted by Gasteiger charge is -2.19. The number of ether oxygens (including phenoxy) is 2. The SMILES string of the molecule is [2H]C1([2H])O[C@@H]2OC[C@](C)(O)[C@@H]2C1([2H])[2H]. The highest BCUT2D eigenvalue weighted by Gasteiger charge is 2.48. The van der Waals surface area contributed by atoms with Crippen LogP contribution >= 0.6 is 0 Å². The molecule has 10 heavy (non-hydrogen) atoms. The fourth-order valence-corrected chi connectivity index (χ4v) is 1.21. The fraction of sp³-hybridized carbons (Fsp3) is 1.00. The van der Waals surface area contributed by atoms with Crippen LogP contribution < -0.4 is 0 Å². The van der Waals surface area contributed by atoms with Gasteiger partial charge in [0.05, 0.1) is 21.5 Å². The van der Waals surface area contributed by atoms with E-state index in [1.54, 1.807) is 0 Å². The zero-order chi connectivity index (χ0) is 10.8. The molecular weight excluding hydrogens is 132 g/mol. The van der Waals surface area contributed by atoms with Crippen LogP contribution in [0.1, 0.15) is 18.8 Å². The van der Waals surface area contributed by atoms with E-state index in [0.29, 0.717) is 0 Å². The molecule has 3 nitrogen and oxygen atoms in total. The summed E-state index contributed by atoms with van der Waals surface area (Å²) in [7, 11) is 0. The van der Waals surface area contributed by atoms with Gasteiger partial charge in [-0.05, 0) is 13.3 Å². The molecule has 2 rings (SSSR count). The fourth-order valence-electron chi connectivity index (χ4n) is 1.21. The lowest BCUT2D eigenvalue weighted by Crippen LogP contribution is -2.33. The van der Waals surface area contributed by atoms with Gasteiger partial charge in [-0.2, -0.15) is 0 Å². The molecule has 1 N–H and O–H groups in total. The first-order valence-corrected chi connectivity index (χ1v) is 3.20. The minimum atomic E-state index is -2.41. The van der Waals surface area contributed by atoms with E-state index in [1.807, 2.05) is 0 Å². The van der Waals surface area contributed by atoms with Crippen molar-refractivity contribution < 1.29 is 20.1 Å². The van der Waals surface area contributed by atoms with Crippen LogP contribution in [0.4, 0.5) is 0 Å². The molecule has 0 aromatic heterocycles. The summed E-state index contributed by atoms with van der Waals surface area (Å²) in [4.78, 5) is 0. The number of aliphatic hydroxyl groups is 1. The molecule has 0 aliphatic carbocycles. The number of hydrogen-bond acceptors (Lipinski definition) is 3. The van der Waals surface area contributed by atoms with Crippen molar-refractivity contribution in [3.8, 4) is 0 Å². The van der Waals surface area contributed by atoms with E-state index in [-0.39, 0.29) is 6.61 Å². The Labute approximate surface area is 65.6 Å². The quantitative estimate of drug-likeness (QED) is 0.530. The monoisotopic (exact) mass is 148 g/mol. The average molecular weight is 148 g/mol. The maximum Gasteiger partial charge on any atom is 0.163 e. The van der Waals surface area contributed by atoms with E-state index in [0.717, 1.165) is 0 Å². The molecule has 0 spiro atoms. The summed E-state index contributed by atoms with van der Waals surface area (Å²) in [6, 6.07) is 0. The largest absolute Gasteiger partial charge is 0.387 e. The van der Waals surface area contributed by atoms with Crippen LogP contribution in [-0.4, -0.2) is 30.2 Å². The van der Waals surface area contributed by atoms with Crippen LogP contribution in [-0.2, 0) is 9.47 Å². The first-order chi connectivity index (χ1) is 6.18. The van der Waals surface area contributed by atoms with E-state index >= 15 is 0 Å². The topological polar surface area (TPSA) is 38.7 Å². The molecule has 0 unspecified atom stereocenters.